The minimum atomic E-state index is -4.39. The predicted octanol–water partition coefficient (Wildman–Crippen LogP) is 3.22. The maximum absolute atomic E-state index is 12.3. The van der Waals surface area contributed by atoms with Crippen molar-refractivity contribution in [1.82, 2.24) is 0 Å². The molecule has 0 spiro atoms. The largest absolute Gasteiger partial charge is 0.416 e. The number of aryl methyl sites for hydroxylation is 1. The maximum atomic E-state index is 12.3. The van der Waals surface area contributed by atoms with Crippen LogP contribution in [0.15, 0.2) is 18.2 Å². The molecular weight excluding hydrogens is 193 g/mol. The lowest BCUT2D eigenvalue weighted by Crippen LogP contribution is -2.07. The zero-order valence-corrected chi connectivity index (χ0v) is 7.77. The second kappa shape index (κ2) is 3.44. The predicted molar refractivity (Wildman–Crippen MR) is 46.2 cm³/mol. The van der Waals surface area contributed by atoms with Gasteiger partial charge >= 0.3 is 6.18 Å². The first-order valence-corrected chi connectivity index (χ1v) is 4.01. The van der Waals surface area contributed by atoms with Gasteiger partial charge in [0.15, 0.2) is 5.78 Å². The number of halogens is 3. The summed E-state index contributed by atoms with van der Waals surface area (Å²) in [5.41, 5.74) is -0.0985. The van der Waals surface area contributed by atoms with Gasteiger partial charge in [-0.05, 0) is 31.5 Å². The molecule has 0 bridgehead atoms. The van der Waals surface area contributed by atoms with Gasteiger partial charge < -0.3 is 0 Å². The molecule has 1 aromatic carbocycles. The SMILES string of the molecule is CC(=O)c1cc(C(F)(F)F)ccc1C. The summed E-state index contributed by atoms with van der Waals surface area (Å²) in [5, 5.41) is 0. The van der Waals surface area contributed by atoms with E-state index in [4.69, 9.17) is 0 Å². The molecule has 0 aliphatic carbocycles. The number of Topliss-reactive ketones (excluding diaryl/α,β-unsaturated/α-hetero) is 1. The molecule has 0 radical (unpaired) electrons. The number of carbonyl (C=O) groups is 1. The van der Waals surface area contributed by atoms with E-state index in [1.54, 1.807) is 6.92 Å². The van der Waals surface area contributed by atoms with Gasteiger partial charge in [-0.2, -0.15) is 13.2 Å². The number of benzene rings is 1. The molecule has 0 fully saturated rings. The number of hydrogen-bond donors (Lipinski definition) is 0. The van der Waals surface area contributed by atoms with Crippen LogP contribution in [0.2, 0.25) is 0 Å². The maximum Gasteiger partial charge on any atom is 0.416 e. The van der Waals surface area contributed by atoms with Crippen LogP contribution in [0.5, 0.6) is 0 Å². The molecule has 0 aliphatic heterocycles. The standard InChI is InChI=1S/C10H9F3O/c1-6-3-4-8(10(11,12)13)5-9(6)7(2)14/h3-5H,1-2H3. The van der Waals surface area contributed by atoms with Crippen LogP contribution < -0.4 is 0 Å². The Bertz CT molecular complexity index is 366. The Kier molecular flexibility index (Phi) is 2.64. The summed E-state index contributed by atoms with van der Waals surface area (Å²) in [6, 6.07) is 3.17. The summed E-state index contributed by atoms with van der Waals surface area (Å²) in [7, 11) is 0. The van der Waals surface area contributed by atoms with Crippen molar-refractivity contribution in [3.05, 3.63) is 34.9 Å². The summed E-state index contributed by atoms with van der Waals surface area (Å²) in [6.07, 6.45) is -4.39. The number of ketones is 1. The van der Waals surface area contributed by atoms with Crippen LogP contribution in [0.4, 0.5) is 13.2 Å². The molecule has 0 unspecified atom stereocenters. The van der Waals surface area contributed by atoms with Crippen molar-refractivity contribution in [2.45, 2.75) is 20.0 Å². The monoisotopic (exact) mass is 202 g/mol. The minimum absolute atomic E-state index is 0.125. The highest BCUT2D eigenvalue weighted by atomic mass is 19.4. The molecule has 1 aromatic rings. The topological polar surface area (TPSA) is 17.1 Å². The Morgan fingerprint density at radius 1 is 1.29 bits per heavy atom. The van der Waals surface area contributed by atoms with Gasteiger partial charge in [-0.1, -0.05) is 6.07 Å². The first-order chi connectivity index (χ1) is 6.32. The molecule has 0 aromatic heterocycles. The molecule has 0 N–H and O–H groups in total. The van der Waals surface area contributed by atoms with Gasteiger partial charge in [-0.15, -0.1) is 0 Å². The number of alkyl halides is 3. The fraction of sp³-hybridized carbons (Fsp3) is 0.300. The van der Waals surface area contributed by atoms with E-state index in [-0.39, 0.29) is 11.3 Å². The van der Waals surface area contributed by atoms with Crippen LogP contribution in [-0.2, 0) is 6.18 Å². The van der Waals surface area contributed by atoms with Crippen molar-refractivity contribution < 1.29 is 18.0 Å². The Labute approximate surface area is 79.5 Å². The molecule has 14 heavy (non-hydrogen) atoms. The molecule has 0 saturated heterocycles. The molecule has 1 nitrogen and oxygen atoms in total. The summed E-state index contributed by atoms with van der Waals surface area (Å²) in [4.78, 5) is 11.0. The summed E-state index contributed by atoms with van der Waals surface area (Å²) < 4.78 is 36.8. The van der Waals surface area contributed by atoms with Gasteiger partial charge in [-0.25, -0.2) is 0 Å². The molecule has 0 saturated carbocycles. The normalized spacial score (nSPS) is 11.5. The fourth-order valence-electron chi connectivity index (χ4n) is 1.18. The Morgan fingerprint density at radius 3 is 2.29 bits per heavy atom. The third kappa shape index (κ3) is 2.13. The van der Waals surface area contributed by atoms with Crippen LogP contribution in [0.1, 0.15) is 28.4 Å². The minimum Gasteiger partial charge on any atom is -0.295 e. The van der Waals surface area contributed by atoms with E-state index >= 15 is 0 Å². The van der Waals surface area contributed by atoms with Gasteiger partial charge in [0.2, 0.25) is 0 Å². The van der Waals surface area contributed by atoms with Gasteiger partial charge in [0.05, 0.1) is 5.56 Å². The van der Waals surface area contributed by atoms with E-state index in [1.165, 1.54) is 13.0 Å². The van der Waals surface area contributed by atoms with Crippen molar-refractivity contribution in [2.24, 2.45) is 0 Å². The van der Waals surface area contributed by atoms with E-state index in [2.05, 4.69) is 0 Å². The highest BCUT2D eigenvalue weighted by Gasteiger charge is 2.31. The quantitative estimate of drug-likeness (QED) is 0.639. The van der Waals surface area contributed by atoms with Crippen LogP contribution in [0, 0.1) is 6.92 Å². The molecule has 0 amide bonds. The molecule has 0 heterocycles. The van der Waals surface area contributed by atoms with Gasteiger partial charge in [0.25, 0.3) is 0 Å². The highest BCUT2D eigenvalue weighted by molar-refractivity contribution is 5.95. The molecule has 0 atom stereocenters. The number of hydrogen-bond acceptors (Lipinski definition) is 1. The molecule has 1 rings (SSSR count). The lowest BCUT2D eigenvalue weighted by Gasteiger charge is -2.09. The Morgan fingerprint density at radius 2 is 1.86 bits per heavy atom. The van der Waals surface area contributed by atoms with Crippen LogP contribution in [0.25, 0.3) is 0 Å². The summed E-state index contributed by atoms with van der Waals surface area (Å²) >= 11 is 0. The van der Waals surface area contributed by atoms with Crippen LogP contribution >= 0.6 is 0 Å². The zero-order valence-electron chi connectivity index (χ0n) is 7.77. The number of rotatable bonds is 1. The Balaban J connectivity index is 3.27. The highest BCUT2D eigenvalue weighted by Crippen LogP contribution is 2.30. The van der Waals surface area contributed by atoms with Crippen molar-refractivity contribution in [3.8, 4) is 0 Å². The third-order valence-electron chi connectivity index (χ3n) is 1.94. The van der Waals surface area contributed by atoms with E-state index < -0.39 is 11.7 Å². The van der Waals surface area contributed by atoms with Gasteiger partial charge in [0, 0.05) is 5.56 Å². The van der Waals surface area contributed by atoms with Gasteiger partial charge in [-0.3, -0.25) is 4.79 Å². The van der Waals surface area contributed by atoms with E-state index in [9.17, 15) is 18.0 Å². The van der Waals surface area contributed by atoms with Crippen LogP contribution in [0.3, 0.4) is 0 Å². The second-order valence-corrected chi connectivity index (χ2v) is 3.08. The third-order valence-corrected chi connectivity index (χ3v) is 1.94. The molecule has 0 aliphatic rings. The number of carbonyl (C=O) groups excluding carboxylic acids is 1. The average molecular weight is 202 g/mol. The second-order valence-electron chi connectivity index (χ2n) is 3.08. The summed E-state index contributed by atoms with van der Waals surface area (Å²) in [6.45, 7) is 2.86. The van der Waals surface area contributed by atoms with E-state index in [1.807, 2.05) is 0 Å². The van der Waals surface area contributed by atoms with Crippen molar-refractivity contribution in [2.75, 3.05) is 0 Å². The fourth-order valence-corrected chi connectivity index (χ4v) is 1.18. The smallest absolute Gasteiger partial charge is 0.295 e. The molecular formula is C10H9F3O. The Hall–Kier alpha value is -1.32. The van der Waals surface area contributed by atoms with Gasteiger partial charge in [0.1, 0.15) is 0 Å². The van der Waals surface area contributed by atoms with E-state index in [0.717, 1.165) is 12.1 Å². The van der Waals surface area contributed by atoms with Crippen molar-refractivity contribution in [3.63, 3.8) is 0 Å². The average Bonchev–Trinajstić information content (AvgIpc) is 2.02. The zero-order chi connectivity index (χ0) is 10.9. The lowest BCUT2D eigenvalue weighted by atomic mass is 10.0. The lowest BCUT2D eigenvalue weighted by molar-refractivity contribution is -0.137. The molecule has 76 valence electrons. The first-order valence-electron chi connectivity index (χ1n) is 4.01. The van der Waals surface area contributed by atoms with Crippen molar-refractivity contribution in [1.29, 1.82) is 0 Å². The van der Waals surface area contributed by atoms with Crippen LogP contribution in [-0.4, -0.2) is 5.78 Å². The van der Waals surface area contributed by atoms with Crippen molar-refractivity contribution >= 4 is 5.78 Å². The summed E-state index contributed by atoms with van der Waals surface area (Å²) in [5.74, 6) is -0.353. The molecule has 4 heteroatoms. The van der Waals surface area contributed by atoms with E-state index in [0.29, 0.717) is 5.56 Å². The first kappa shape index (κ1) is 10.8.